The Morgan fingerprint density at radius 1 is 1.04 bits per heavy atom. The number of rotatable bonds is 7. The Hall–Kier alpha value is -2.16. The third-order valence-corrected chi connectivity index (χ3v) is 3.62. The summed E-state index contributed by atoms with van der Waals surface area (Å²) < 4.78 is 12.9. The second-order valence-electron chi connectivity index (χ2n) is 5.56. The molecule has 0 fully saturated rings. The summed E-state index contributed by atoms with van der Waals surface area (Å²) in [5.41, 5.74) is 7.76. The van der Waals surface area contributed by atoms with E-state index in [0.717, 1.165) is 24.1 Å². The number of guanidine groups is 1. The largest absolute Gasteiger partial charge is 0.366 e. The predicted octanol–water partition coefficient (Wildman–Crippen LogP) is 2.84. The van der Waals surface area contributed by atoms with Crippen molar-refractivity contribution < 1.29 is 9.18 Å². The van der Waals surface area contributed by atoms with E-state index in [-0.39, 0.29) is 29.8 Å². The number of benzene rings is 2. The van der Waals surface area contributed by atoms with Crippen LogP contribution in [0.5, 0.6) is 0 Å². The molecule has 0 radical (unpaired) electrons. The van der Waals surface area contributed by atoms with Crippen LogP contribution in [-0.2, 0) is 13.0 Å². The molecule has 0 saturated carbocycles. The van der Waals surface area contributed by atoms with Gasteiger partial charge in [0.15, 0.2) is 5.96 Å². The molecule has 0 atom stereocenters. The van der Waals surface area contributed by atoms with E-state index in [1.807, 2.05) is 19.1 Å². The molecule has 5 nitrogen and oxygen atoms in total. The van der Waals surface area contributed by atoms with Gasteiger partial charge in [0.1, 0.15) is 5.82 Å². The number of nitrogens with zero attached hydrogens (tertiary/aromatic N) is 1. The summed E-state index contributed by atoms with van der Waals surface area (Å²) in [7, 11) is 0. The van der Waals surface area contributed by atoms with Crippen LogP contribution in [0.3, 0.4) is 0 Å². The first kappa shape index (κ1) is 21.9. The highest BCUT2D eigenvalue weighted by Gasteiger charge is 2.01. The highest BCUT2D eigenvalue weighted by molar-refractivity contribution is 14.0. The Kier molecular flexibility index (Phi) is 9.64. The van der Waals surface area contributed by atoms with Crippen molar-refractivity contribution in [2.24, 2.45) is 10.7 Å². The zero-order chi connectivity index (χ0) is 18.1. The first-order chi connectivity index (χ1) is 12.1. The normalized spacial score (nSPS) is 10.8. The van der Waals surface area contributed by atoms with Crippen LogP contribution < -0.4 is 16.4 Å². The molecule has 0 heterocycles. The van der Waals surface area contributed by atoms with Gasteiger partial charge in [-0.3, -0.25) is 4.79 Å². The Balaban J connectivity index is 0.00000338. The first-order valence-corrected chi connectivity index (χ1v) is 8.24. The van der Waals surface area contributed by atoms with E-state index >= 15 is 0 Å². The molecule has 7 heteroatoms. The number of hydrogen-bond donors (Lipinski definition) is 3. The van der Waals surface area contributed by atoms with Crippen molar-refractivity contribution in [1.29, 1.82) is 0 Å². The second-order valence-corrected chi connectivity index (χ2v) is 5.56. The molecule has 0 aliphatic rings. The standard InChI is InChI=1S/C19H23FN4O.HI/c1-2-22-19(23-12-11-14-5-9-17(20)10-6-14)24-13-15-3-7-16(8-4-15)18(21)25;/h3-10H,2,11-13H2,1H3,(H2,21,25)(H2,22,23,24);1H. The Morgan fingerprint density at radius 2 is 1.65 bits per heavy atom. The summed E-state index contributed by atoms with van der Waals surface area (Å²) >= 11 is 0. The summed E-state index contributed by atoms with van der Waals surface area (Å²) in [5, 5.41) is 6.44. The van der Waals surface area contributed by atoms with Crippen LogP contribution in [0, 0.1) is 5.82 Å². The molecule has 1 amide bonds. The maximum Gasteiger partial charge on any atom is 0.248 e. The fourth-order valence-corrected chi connectivity index (χ4v) is 2.26. The van der Waals surface area contributed by atoms with Crippen LogP contribution in [-0.4, -0.2) is 25.0 Å². The number of nitrogens with one attached hydrogen (secondary N) is 2. The molecule has 140 valence electrons. The third-order valence-electron chi connectivity index (χ3n) is 3.62. The SMILES string of the molecule is CCNC(=NCc1ccc(C(N)=O)cc1)NCCc1ccc(F)cc1.I. The van der Waals surface area contributed by atoms with Gasteiger partial charge in [-0.2, -0.15) is 0 Å². The van der Waals surface area contributed by atoms with Crippen LogP contribution in [0.4, 0.5) is 4.39 Å². The molecule has 0 aromatic heterocycles. The minimum atomic E-state index is -0.439. The molecule has 0 aliphatic heterocycles. The summed E-state index contributed by atoms with van der Waals surface area (Å²) in [4.78, 5) is 15.6. The average molecular weight is 470 g/mol. The summed E-state index contributed by atoms with van der Waals surface area (Å²) in [5.74, 6) is 0.0448. The topological polar surface area (TPSA) is 79.5 Å². The van der Waals surface area contributed by atoms with Crippen molar-refractivity contribution in [3.05, 3.63) is 71.0 Å². The van der Waals surface area contributed by atoms with E-state index in [9.17, 15) is 9.18 Å². The first-order valence-electron chi connectivity index (χ1n) is 8.24. The second kappa shape index (κ2) is 11.5. The lowest BCUT2D eigenvalue weighted by Crippen LogP contribution is -2.38. The van der Waals surface area contributed by atoms with Crippen molar-refractivity contribution >= 4 is 35.8 Å². The van der Waals surface area contributed by atoms with Crippen molar-refractivity contribution in [3.8, 4) is 0 Å². The number of aliphatic imine (C=N–C) groups is 1. The van der Waals surface area contributed by atoms with Gasteiger partial charge in [0.25, 0.3) is 0 Å². The van der Waals surface area contributed by atoms with E-state index < -0.39 is 5.91 Å². The van der Waals surface area contributed by atoms with Crippen molar-refractivity contribution in [1.82, 2.24) is 10.6 Å². The van der Waals surface area contributed by atoms with Gasteiger partial charge in [-0.1, -0.05) is 24.3 Å². The Labute approximate surface area is 170 Å². The molecular formula is C19H24FIN4O. The molecule has 0 saturated heterocycles. The zero-order valence-electron chi connectivity index (χ0n) is 14.7. The lowest BCUT2D eigenvalue weighted by atomic mass is 10.1. The maximum atomic E-state index is 12.9. The predicted molar refractivity (Wildman–Crippen MR) is 113 cm³/mol. The molecule has 0 aliphatic carbocycles. The number of carbonyl (C=O) groups is 1. The van der Waals surface area contributed by atoms with Crippen LogP contribution in [0.25, 0.3) is 0 Å². The van der Waals surface area contributed by atoms with E-state index in [0.29, 0.717) is 24.6 Å². The number of primary amides is 1. The number of carbonyl (C=O) groups excluding carboxylic acids is 1. The average Bonchev–Trinajstić information content (AvgIpc) is 2.61. The minimum Gasteiger partial charge on any atom is -0.366 e. The Bertz CT molecular complexity index is 717. The molecule has 0 unspecified atom stereocenters. The lowest BCUT2D eigenvalue weighted by Gasteiger charge is -2.11. The highest BCUT2D eigenvalue weighted by Crippen LogP contribution is 2.05. The number of hydrogen-bond acceptors (Lipinski definition) is 2. The van der Waals surface area contributed by atoms with E-state index in [1.54, 1.807) is 24.3 Å². The number of halogens is 2. The van der Waals surface area contributed by atoms with Gasteiger partial charge in [0.2, 0.25) is 5.91 Å². The van der Waals surface area contributed by atoms with Gasteiger partial charge < -0.3 is 16.4 Å². The summed E-state index contributed by atoms with van der Waals surface area (Å²) in [6.07, 6.45) is 0.776. The van der Waals surface area contributed by atoms with Crippen molar-refractivity contribution in [2.45, 2.75) is 19.9 Å². The molecule has 26 heavy (non-hydrogen) atoms. The lowest BCUT2D eigenvalue weighted by molar-refractivity contribution is 0.100. The van der Waals surface area contributed by atoms with E-state index in [1.165, 1.54) is 12.1 Å². The molecule has 2 aromatic rings. The third kappa shape index (κ3) is 7.38. The quantitative estimate of drug-likeness (QED) is 0.331. The fourth-order valence-electron chi connectivity index (χ4n) is 2.26. The highest BCUT2D eigenvalue weighted by atomic mass is 127. The molecular weight excluding hydrogens is 446 g/mol. The van der Waals surface area contributed by atoms with Gasteiger partial charge in [-0.15, -0.1) is 24.0 Å². The molecule has 4 N–H and O–H groups in total. The molecule has 0 spiro atoms. The van der Waals surface area contributed by atoms with Gasteiger partial charge in [0.05, 0.1) is 6.54 Å². The maximum absolute atomic E-state index is 12.9. The van der Waals surface area contributed by atoms with Crippen LogP contribution in [0.15, 0.2) is 53.5 Å². The summed E-state index contributed by atoms with van der Waals surface area (Å²) in [6, 6.07) is 13.6. The van der Waals surface area contributed by atoms with Crippen molar-refractivity contribution in [3.63, 3.8) is 0 Å². The Morgan fingerprint density at radius 3 is 2.23 bits per heavy atom. The van der Waals surface area contributed by atoms with E-state index in [4.69, 9.17) is 5.73 Å². The summed E-state index contributed by atoms with van der Waals surface area (Å²) in [6.45, 7) is 3.94. The van der Waals surface area contributed by atoms with Crippen LogP contribution in [0.2, 0.25) is 0 Å². The van der Waals surface area contributed by atoms with Gasteiger partial charge >= 0.3 is 0 Å². The zero-order valence-corrected chi connectivity index (χ0v) is 17.0. The molecule has 2 rings (SSSR count). The van der Waals surface area contributed by atoms with Gasteiger partial charge in [-0.25, -0.2) is 9.38 Å². The number of nitrogens with two attached hydrogens (primary N) is 1. The van der Waals surface area contributed by atoms with Crippen molar-refractivity contribution in [2.75, 3.05) is 13.1 Å². The van der Waals surface area contributed by atoms with E-state index in [2.05, 4.69) is 15.6 Å². The smallest absolute Gasteiger partial charge is 0.248 e. The fraction of sp³-hybridized carbons (Fsp3) is 0.263. The van der Waals surface area contributed by atoms with Crippen LogP contribution >= 0.6 is 24.0 Å². The molecule has 0 bridgehead atoms. The molecule has 2 aromatic carbocycles. The monoisotopic (exact) mass is 470 g/mol. The minimum absolute atomic E-state index is 0. The van der Waals surface area contributed by atoms with Gasteiger partial charge in [-0.05, 0) is 48.7 Å². The number of amides is 1. The van der Waals surface area contributed by atoms with Gasteiger partial charge in [0, 0.05) is 18.7 Å². The van der Waals surface area contributed by atoms with Crippen LogP contribution in [0.1, 0.15) is 28.4 Å².